The molecule has 7 heteroatoms. The van der Waals surface area contributed by atoms with E-state index in [-0.39, 0.29) is 11.9 Å². The van der Waals surface area contributed by atoms with Gasteiger partial charge in [-0.15, -0.1) is 5.10 Å². The van der Waals surface area contributed by atoms with Crippen molar-refractivity contribution >= 4 is 11.9 Å². The number of nitrogens with one attached hydrogen (secondary N) is 2. The number of fused-ring (bicyclic) bond motifs is 1. The fourth-order valence-electron chi connectivity index (χ4n) is 3.54. The molecule has 0 aliphatic carbocycles. The number of aryl methyl sites for hydroxylation is 1. The lowest BCUT2D eigenvalue weighted by Gasteiger charge is -2.25. The van der Waals surface area contributed by atoms with Crippen LogP contribution in [0.1, 0.15) is 19.2 Å². The molecular weight excluding hydrogens is 258 g/mol. The Hall–Kier alpha value is -1.47. The maximum absolute atomic E-state index is 12.1. The van der Waals surface area contributed by atoms with Gasteiger partial charge in [-0.2, -0.15) is 0 Å². The molecule has 3 atom stereocenters. The summed E-state index contributed by atoms with van der Waals surface area (Å²) in [7, 11) is 0. The predicted molar refractivity (Wildman–Crippen MR) is 73.2 cm³/mol. The summed E-state index contributed by atoms with van der Waals surface area (Å²) in [5.41, 5.74) is 0. The van der Waals surface area contributed by atoms with E-state index in [9.17, 15) is 4.79 Å². The first kappa shape index (κ1) is 13.5. The number of hydrogen-bond acceptors (Lipinski definition) is 6. The fourth-order valence-corrected chi connectivity index (χ4v) is 3.54. The molecule has 20 heavy (non-hydrogen) atoms. The van der Waals surface area contributed by atoms with E-state index in [1.165, 1.54) is 0 Å². The number of rotatable bonds is 4. The Morgan fingerprint density at radius 3 is 3.05 bits per heavy atom. The molecule has 3 rings (SSSR count). The molecule has 2 fully saturated rings. The zero-order chi connectivity index (χ0) is 14.1. The van der Waals surface area contributed by atoms with Crippen LogP contribution in [0.5, 0.6) is 0 Å². The van der Waals surface area contributed by atoms with Crippen LogP contribution in [-0.4, -0.2) is 53.2 Å². The molecule has 1 amide bonds. The van der Waals surface area contributed by atoms with Gasteiger partial charge in [0.1, 0.15) is 0 Å². The summed E-state index contributed by atoms with van der Waals surface area (Å²) in [5.74, 6) is 1.73. The van der Waals surface area contributed by atoms with Crippen molar-refractivity contribution < 1.29 is 9.21 Å². The van der Waals surface area contributed by atoms with Crippen LogP contribution in [0.2, 0.25) is 0 Å². The molecule has 0 aromatic carbocycles. The number of likely N-dealkylation sites (tertiary alicyclic amines) is 1. The van der Waals surface area contributed by atoms with Gasteiger partial charge in [-0.25, -0.2) is 0 Å². The smallest absolute Gasteiger partial charge is 0.322 e. The quantitative estimate of drug-likeness (QED) is 0.822. The molecule has 0 bridgehead atoms. The number of amides is 1. The van der Waals surface area contributed by atoms with Gasteiger partial charge in [0.2, 0.25) is 11.8 Å². The fraction of sp³-hybridized carbons (Fsp3) is 0.769. The van der Waals surface area contributed by atoms with Gasteiger partial charge >= 0.3 is 6.01 Å². The monoisotopic (exact) mass is 279 g/mol. The van der Waals surface area contributed by atoms with E-state index < -0.39 is 0 Å². The van der Waals surface area contributed by atoms with Crippen LogP contribution in [0.25, 0.3) is 0 Å². The third-order valence-electron chi connectivity index (χ3n) is 4.36. The highest BCUT2D eigenvalue weighted by Gasteiger charge is 2.43. The highest BCUT2D eigenvalue weighted by atomic mass is 16.4. The van der Waals surface area contributed by atoms with Crippen molar-refractivity contribution in [3.8, 4) is 0 Å². The minimum Gasteiger partial charge on any atom is -0.408 e. The maximum Gasteiger partial charge on any atom is 0.322 e. The summed E-state index contributed by atoms with van der Waals surface area (Å²) in [6, 6.07) is 0.673. The lowest BCUT2D eigenvalue weighted by molar-refractivity contribution is -0.117. The summed E-state index contributed by atoms with van der Waals surface area (Å²) >= 11 is 0. The van der Waals surface area contributed by atoms with Crippen molar-refractivity contribution in [2.24, 2.45) is 11.8 Å². The summed E-state index contributed by atoms with van der Waals surface area (Å²) in [6.45, 7) is 7.42. The molecule has 2 N–H and O–H groups in total. The number of aromatic nitrogens is 2. The van der Waals surface area contributed by atoms with Gasteiger partial charge in [0.05, 0.1) is 6.54 Å². The van der Waals surface area contributed by atoms with Gasteiger partial charge in [-0.05, 0) is 31.3 Å². The molecule has 2 aliphatic rings. The summed E-state index contributed by atoms with van der Waals surface area (Å²) in [5, 5.41) is 13.6. The second-order valence-corrected chi connectivity index (χ2v) is 5.66. The van der Waals surface area contributed by atoms with Crippen LogP contribution in [0.3, 0.4) is 0 Å². The van der Waals surface area contributed by atoms with Crippen molar-refractivity contribution in [2.45, 2.75) is 26.3 Å². The SMILES string of the molecule is CCC1C2CNCC2CN1CC(=O)Nc1nnc(C)o1. The molecule has 0 saturated carbocycles. The van der Waals surface area contributed by atoms with Gasteiger partial charge in [-0.1, -0.05) is 12.0 Å². The molecule has 3 heterocycles. The average Bonchev–Trinajstić information content (AvgIpc) is 3.05. The summed E-state index contributed by atoms with van der Waals surface area (Å²) < 4.78 is 5.16. The molecule has 3 unspecified atom stereocenters. The number of anilines is 1. The van der Waals surface area contributed by atoms with Crippen molar-refractivity contribution in [1.82, 2.24) is 20.4 Å². The Bertz CT molecular complexity index is 489. The zero-order valence-electron chi connectivity index (χ0n) is 11.9. The standard InChI is InChI=1S/C13H21N5O2/c1-3-11-10-5-14-4-9(10)6-18(11)7-12(19)15-13-17-16-8(2)20-13/h9-11,14H,3-7H2,1-2H3,(H,15,17,19). The highest BCUT2D eigenvalue weighted by Crippen LogP contribution is 2.33. The van der Waals surface area contributed by atoms with Crippen molar-refractivity contribution in [3.63, 3.8) is 0 Å². The molecule has 110 valence electrons. The summed E-state index contributed by atoms with van der Waals surface area (Å²) in [4.78, 5) is 14.3. The Kier molecular flexibility index (Phi) is 3.71. The maximum atomic E-state index is 12.1. The lowest BCUT2D eigenvalue weighted by atomic mass is 9.93. The lowest BCUT2D eigenvalue weighted by Crippen LogP contribution is -2.40. The van der Waals surface area contributed by atoms with Gasteiger partial charge in [0, 0.05) is 19.5 Å². The van der Waals surface area contributed by atoms with Crippen LogP contribution in [0, 0.1) is 18.8 Å². The van der Waals surface area contributed by atoms with Crippen LogP contribution in [-0.2, 0) is 4.79 Å². The van der Waals surface area contributed by atoms with Crippen LogP contribution < -0.4 is 10.6 Å². The van der Waals surface area contributed by atoms with Gasteiger partial charge < -0.3 is 9.73 Å². The van der Waals surface area contributed by atoms with E-state index in [1.54, 1.807) is 6.92 Å². The number of carbonyl (C=O) groups excluding carboxylic acids is 1. The number of nitrogens with zero attached hydrogens (tertiary/aromatic N) is 3. The molecule has 1 aromatic rings. The Labute approximate surface area is 118 Å². The third-order valence-corrected chi connectivity index (χ3v) is 4.36. The second kappa shape index (κ2) is 5.49. The molecule has 7 nitrogen and oxygen atoms in total. The van der Waals surface area contributed by atoms with E-state index >= 15 is 0 Å². The molecule has 2 aliphatic heterocycles. The minimum absolute atomic E-state index is 0.0833. The van der Waals surface area contributed by atoms with Crippen LogP contribution in [0.4, 0.5) is 6.01 Å². The first-order chi connectivity index (χ1) is 9.67. The Balaban J connectivity index is 1.58. The zero-order valence-corrected chi connectivity index (χ0v) is 11.9. The van der Waals surface area contributed by atoms with Gasteiger partial charge in [0.15, 0.2) is 0 Å². The van der Waals surface area contributed by atoms with Gasteiger partial charge in [-0.3, -0.25) is 15.0 Å². The molecule has 0 spiro atoms. The van der Waals surface area contributed by atoms with E-state index in [2.05, 4.69) is 32.7 Å². The van der Waals surface area contributed by atoms with Crippen LogP contribution in [0.15, 0.2) is 4.42 Å². The topological polar surface area (TPSA) is 83.3 Å². The highest BCUT2D eigenvalue weighted by molar-refractivity contribution is 5.90. The molecule has 0 radical (unpaired) electrons. The molecular formula is C13H21N5O2. The third kappa shape index (κ3) is 2.55. The number of carbonyl (C=O) groups is 1. The molecule has 1 aromatic heterocycles. The summed E-state index contributed by atoms with van der Waals surface area (Å²) in [6.07, 6.45) is 1.08. The normalized spacial score (nSPS) is 29.6. The average molecular weight is 279 g/mol. The van der Waals surface area contributed by atoms with Crippen molar-refractivity contribution in [2.75, 3.05) is 31.5 Å². The predicted octanol–water partition coefficient (Wildman–Crippen LogP) is 0.246. The van der Waals surface area contributed by atoms with E-state index in [4.69, 9.17) is 4.42 Å². The molecule has 2 saturated heterocycles. The van der Waals surface area contributed by atoms with E-state index in [1.807, 2.05) is 0 Å². The van der Waals surface area contributed by atoms with E-state index in [0.29, 0.717) is 30.3 Å². The first-order valence-electron chi connectivity index (χ1n) is 7.22. The Morgan fingerprint density at radius 2 is 2.35 bits per heavy atom. The first-order valence-corrected chi connectivity index (χ1v) is 7.22. The largest absolute Gasteiger partial charge is 0.408 e. The van der Waals surface area contributed by atoms with E-state index in [0.717, 1.165) is 26.1 Å². The second-order valence-electron chi connectivity index (χ2n) is 5.66. The Morgan fingerprint density at radius 1 is 1.50 bits per heavy atom. The number of hydrogen-bond donors (Lipinski definition) is 2. The van der Waals surface area contributed by atoms with Crippen molar-refractivity contribution in [3.05, 3.63) is 5.89 Å². The van der Waals surface area contributed by atoms with Crippen molar-refractivity contribution in [1.29, 1.82) is 0 Å². The van der Waals surface area contributed by atoms with Crippen LogP contribution >= 0.6 is 0 Å². The van der Waals surface area contributed by atoms with Gasteiger partial charge in [0.25, 0.3) is 0 Å². The minimum atomic E-state index is -0.0833.